The smallest absolute Gasteiger partial charge is 0.404 e. The second-order valence-corrected chi connectivity index (χ2v) is 12.0. The topological polar surface area (TPSA) is 139 Å². The second-order valence-electron chi connectivity index (χ2n) is 12.0. The molecule has 232 valence electrons. The molecule has 0 bridgehead atoms. The molecule has 0 aromatic heterocycles. The zero-order chi connectivity index (χ0) is 31.4. The molecule has 1 aliphatic rings. The molecule has 8 nitrogen and oxygen atoms in total. The van der Waals surface area contributed by atoms with Crippen LogP contribution >= 0.6 is 0 Å². The molecule has 5 N–H and O–H groups in total. The lowest BCUT2D eigenvalue weighted by Crippen LogP contribution is -2.41. The van der Waals surface area contributed by atoms with Crippen molar-refractivity contribution in [1.29, 1.82) is 0 Å². The van der Waals surface area contributed by atoms with Crippen LogP contribution in [0.5, 0.6) is 0 Å². The number of ether oxygens (including phenoxy) is 2. The van der Waals surface area contributed by atoms with Gasteiger partial charge in [-0.05, 0) is 26.2 Å². The number of hydrogen-bond acceptors (Lipinski definition) is 7. The molecule has 11 atom stereocenters. The summed E-state index contributed by atoms with van der Waals surface area (Å²) in [5.74, 6) is -1.39. The van der Waals surface area contributed by atoms with Crippen LogP contribution in [0.2, 0.25) is 0 Å². The molecular weight excluding hydrogens is 522 g/mol. The van der Waals surface area contributed by atoms with E-state index in [0.717, 1.165) is 5.57 Å². The molecule has 0 unspecified atom stereocenters. The second kappa shape index (κ2) is 17.3. The fraction of sp³-hybridized carbons (Fsp3) is 0.636. The van der Waals surface area contributed by atoms with Gasteiger partial charge in [0.15, 0.2) is 0 Å². The molecule has 8 heteroatoms. The summed E-state index contributed by atoms with van der Waals surface area (Å²) in [4.78, 5) is 23.4. The molecule has 41 heavy (non-hydrogen) atoms. The number of hydrogen-bond donors (Lipinski definition) is 4. The van der Waals surface area contributed by atoms with Crippen LogP contribution < -0.4 is 5.73 Å². The number of cyclic esters (lactones) is 1. The van der Waals surface area contributed by atoms with E-state index < -0.39 is 30.5 Å². The maximum atomic E-state index is 11.8. The van der Waals surface area contributed by atoms with Gasteiger partial charge in [-0.15, -0.1) is 0 Å². The summed E-state index contributed by atoms with van der Waals surface area (Å²) in [7, 11) is 0. The largest absolute Gasteiger partial charge is 0.458 e. The molecule has 0 aliphatic carbocycles. The molecule has 1 aliphatic heterocycles. The van der Waals surface area contributed by atoms with Gasteiger partial charge in [-0.3, -0.25) is 0 Å². The van der Waals surface area contributed by atoms with Gasteiger partial charge in [0, 0.05) is 41.6 Å². The van der Waals surface area contributed by atoms with Crippen LogP contribution in [0.15, 0.2) is 60.3 Å². The predicted molar refractivity (Wildman–Crippen MR) is 163 cm³/mol. The minimum atomic E-state index is -0.880. The van der Waals surface area contributed by atoms with Crippen molar-refractivity contribution in [3.63, 3.8) is 0 Å². The van der Waals surface area contributed by atoms with Crippen LogP contribution in [0.25, 0.3) is 0 Å². The lowest BCUT2D eigenvalue weighted by molar-refractivity contribution is -0.149. The summed E-state index contributed by atoms with van der Waals surface area (Å²) in [6, 6.07) is 0. The molecule has 1 rings (SSSR count). The molecule has 0 aromatic rings. The fourth-order valence-electron chi connectivity index (χ4n) is 5.53. The average molecular weight is 576 g/mol. The number of allylic oxidation sites excluding steroid dienone is 3. The van der Waals surface area contributed by atoms with E-state index in [0.29, 0.717) is 12.0 Å². The van der Waals surface area contributed by atoms with E-state index in [1.54, 1.807) is 31.2 Å². The van der Waals surface area contributed by atoms with Crippen molar-refractivity contribution < 1.29 is 34.4 Å². The highest BCUT2D eigenvalue weighted by Crippen LogP contribution is 2.29. The highest BCUT2D eigenvalue weighted by atomic mass is 16.6. The Morgan fingerprint density at radius 3 is 2.29 bits per heavy atom. The lowest BCUT2D eigenvalue weighted by atomic mass is 9.81. The molecular formula is C33H53NO7. The standard InChI is InChI=1S/C33H53NO7/c1-10-11-12-21(4)31(41-33(34)39)26(9)30(37)24(7)16-19(2)15-23(6)29(36)20(3)13-14-27(35)18-28-22(5)17-25(8)32(38)40-28/h10-15,17,20-24,26-31,35-37H,1,16,18H2,2-9H3,(H2,34,39)/b12-11-,14-13-,19-15-/t20-,21-,22-,23-,24-,26-,27+,28-,29-,30+,31-/m0/s1. The van der Waals surface area contributed by atoms with E-state index in [1.807, 2.05) is 66.7 Å². The van der Waals surface area contributed by atoms with Crippen molar-refractivity contribution in [3.05, 3.63) is 60.3 Å². The van der Waals surface area contributed by atoms with Crippen molar-refractivity contribution in [3.8, 4) is 0 Å². The average Bonchev–Trinajstić information content (AvgIpc) is 2.90. The van der Waals surface area contributed by atoms with Crippen molar-refractivity contribution >= 4 is 12.1 Å². The number of esters is 1. The number of aliphatic hydroxyl groups excluding tert-OH is 3. The van der Waals surface area contributed by atoms with Crippen LogP contribution in [0.3, 0.4) is 0 Å². The number of carbonyl (C=O) groups excluding carboxylic acids is 2. The Morgan fingerprint density at radius 1 is 1.07 bits per heavy atom. The van der Waals surface area contributed by atoms with E-state index >= 15 is 0 Å². The van der Waals surface area contributed by atoms with Gasteiger partial charge in [0.1, 0.15) is 12.2 Å². The van der Waals surface area contributed by atoms with Gasteiger partial charge in [-0.1, -0.05) is 96.2 Å². The number of carbonyl (C=O) groups is 2. The Balaban J connectivity index is 2.75. The predicted octanol–water partition coefficient (Wildman–Crippen LogP) is 5.25. The Morgan fingerprint density at radius 2 is 1.71 bits per heavy atom. The van der Waals surface area contributed by atoms with E-state index in [-0.39, 0.29) is 54.0 Å². The Kier molecular flexibility index (Phi) is 15.4. The van der Waals surface area contributed by atoms with Crippen LogP contribution in [0.1, 0.15) is 68.2 Å². The van der Waals surface area contributed by atoms with Crippen LogP contribution in [0, 0.1) is 35.5 Å². The molecule has 0 saturated carbocycles. The third-order valence-corrected chi connectivity index (χ3v) is 8.02. The number of aliphatic hydroxyl groups is 3. The summed E-state index contributed by atoms with van der Waals surface area (Å²) in [6.07, 6.45) is 9.37. The van der Waals surface area contributed by atoms with Gasteiger partial charge in [-0.2, -0.15) is 0 Å². The number of rotatable bonds is 16. The highest BCUT2D eigenvalue weighted by Gasteiger charge is 2.33. The van der Waals surface area contributed by atoms with Gasteiger partial charge in [-0.25, -0.2) is 9.59 Å². The third kappa shape index (κ3) is 12.0. The summed E-state index contributed by atoms with van der Waals surface area (Å²) in [6.45, 7) is 18.8. The van der Waals surface area contributed by atoms with E-state index in [9.17, 15) is 24.9 Å². The highest BCUT2D eigenvalue weighted by molar-refractivity contribution is 5.88. The minimum absolute atomic E-state index is 0.0230. The minimum Gasteiger partial charge on any atom is -0.458 e. The van der Waals surface area contributed by atoms with Crippen LogP contribution in [0.4, 0.5) is 4.79 Å². The first-order chi connectivity index (χ1) is 19.1. The zero-order valence-corrected chi connectivity index (χ0v) is 26.1. The van der Waals surface area contributed by atoms with Gasteiger partial charge in [0.05, 0.1) is 18.3 Å². The van der Waals surface area contributed by atoms with Crippen LogP contribution in [-0.2, 0) is 14.3 Å². The SMILES string of the molecule is C=C/C=C\[C@H](C)[C@H](OC(N)=O)[C@@H](C)[C@H](O)[C@@H](C)C/C(C)=C\[C@H](C)[C@@H](O)[C@@H](C)/C=C\[C@@H](O)C[C@@H]1OC(=O)C(C)=C[C@@H]1C. The molecule has 0 saturated heterocycles. The van der Waals surface area contributed by atoms with Crippen LogP contribution in [-0.4, -0.2) is 57.9 Å². The monoisotopic (exact) mass is 575 g/mol. The van der Waals surface area contributed by atoms with Crippen molar-refractivity contribution in [2.45, 2.75) is 98.8 Å². The van der Waals surface area contributed by atoms with Crippen molar-refractivity contribution in [2.75, 3.05) is 0 Å². The first-order valence-corrected chi connectivity index (χ1v) is 14.6. The first-order valence-electron chi connectivity index (χ1n) is 14.6. The van der Waals surface area contributed by atoms with Crippen molar-refractivity contribution in [2.24, 2.45) is 41.2 Å². The summed E-state index contributed by atoms with van der Waals surface area (Å²) in [5.41, 5.74) is 6.90. The normalized spacial score (nSPS) is 24.9. The molecule has 0 fully saturated rings. The first kappa shape index (κ1) is 36.3. The summed E-state index contributed by atoms with van der Waals surface area (Å²) < 4.78 is 10.8. The quantitative estimate of drug-likeness (QED) is 0.112. The summed E-state index contributed by atoms with van der Waals surface area (Å²) in [5, 5.41) is 32.5. The maximum Gasteiger partial charge on any atom is 0.404 e. The number of nitrogens with two attached hydrogens (primary N) is 1. The van der Waals surface area contributed by atoms with Gasteiger partial charge >= 0.3 is 12.1 Å². The number of primary amides is 1. The molecule has 1 amide bonds. The molecule has 1 heterocycles. The Bertz CT molecular complexity index is 984. The van der Waals surface area contributed by atoms with E-state index in [4.69, 9.17) is 15.2 Å². The lowest BCUT2D eigenvalue weighted by Gasteiger charge is -2.33. The Hall–Kier alpha value is -2.68. The van der Waals surface area contributed by atoms with Gasteiger partial charge in [0.2, 0.25) is 0 Å². The summed E-state index contributed by atoms with van der Waals surface area (Å²) >= 11 is 0. The van der Waals surface area contributed by atoms with E-state index in [2.05, 4.69) is 6.58 Å². The molecule has 0 radical (unpaired) electrons. The molecule has 0 aromatic carbocycles. The Labute approximate surface area is 246 Å². The zero-order valence-electron chi connectivity index (χ0n) is 26.1. The van der Waals surface area contributed by atoms with Gasteiger partial charge < -0.3 is 30.5 Å². The fourth-order valence-corrected chi connectivity index (χ4v) is 5.53. The van der Waals surface area contributed by atoms with E-state index in [1.165, 1.54) is 0 Å². The number of amides is 1. The molecule has 0 spiro atoms. The van der Waals surface area contributed by atoms with Crippen molar-refractivity contribution in [1.82, 2.24) is 0 Å². The van der Waals surface area contributed by atoms with Gasteiger partial charge in [0.25, 0.3) is 0 Å². The maximum absolute atomic E-state index is 11.8. The third-order valence-electron chi connectivity index (χ3n) is 8.02.